The molecule has 5 atom stereocenters. The summed E-state index contributed by atoms with van der Waals surface area (Å²) >= 11 is 0. The Hall–Kier alpha value is -1.71. The molecule has 0 bridgehead atoms. The Morgan fingerprint density at radius 3 is 3.05 bits per heavy atom. The van der Waals surface area contributed by atoms with Gasteiger partial charge in [0, 0.05) is 23.2 Å². The third-order valence-electron chi connectivity index (χ3n) is 6.32. The van der Waals surface area contributed by atoms with E-state index in [9.17, 15) is 5.11 Å². The molecule has 2 aromatic rings. The molecular weight excluding hydrogens is 272 g/mol. The molecule has 2 aliphatic heterocycles. The van der Waals surface area contributed by atoms with Crippen molar-refractivity contribution in [1.82, 2.24) is 9.88 Å². The lowest BCUT2D eigenvalue weighted by atomic mass is 9.82. The van der Waals surface area contributed by atoms with Crippen LogP contribution in [0.5, 0.6) is 0 Å². The zero-order valence-electron chi connectivity index (χ0n) is 12.5. The molecule has 1 spiro atoms. The molecule has 1 aromatic heterocycles. The van der Waals surface area contributed by atoms with Crippen LogP contribution in [-0.4, -0.2) is 33.1 Å². The van der Waals surface area contributed by atoms with Crippen LogP contribution >= 0.6 is 0 Å². The highest BCUT2D eigenvalue weighted by Gasteiger charge is 2.76. The first-order valence-electron chi connectivity index (χ1n) is 8.18. The molecule has 2 saturated heterocycles. The molecule has 3 heterocycles. The number of para-hydroxylation sites is 1. The summed E-state index contributed by atoms with van der Waals surface area (Å²) in [6.07, 6.45) is 5.87. The first-order valence-corrected chi connectivity index (χ1v) is 8.18. The van der Waals surface area contributed by atoms with E-state index in [1.54, 1.807) is 0 Å². The van der Waals surface area contributed by atoms with Crippen LogP contribution in [0.4, 0.5) is 0 Å². The summed E-state index contributed by atoms with van der Waals surface area (Å²) in [7, 11) is 0. The summed E-state index contributed by atoms with van der Waals surface area (Å²) in [5.41, 5.74) is 2.34. The molecule has 1 saturated carbocycles. The van der Waals surface area contributed by atoms with E-state index in [1.807, 2.05) is 30.5 Å². The van der Waals surface area contributed by atoms with Gasteiger partial charge in [0.2, 0.25) is 0 Å². The van der Waals surface area contributed by atoms with Crippen molar-refractivity contribution in [3.63, 3.8) is 0 Å². The Balaban J connectivity index is 1.48. The highest BCUT2D eigenvalue weighted by molar-refractivity contribution is 5.82. The van der Waals surface area contributed by atoms with Crippen LogP contribution < -0.4 is 0 Å². The van der Waals surface area contributed by atoms with Gasteiger partial charge in [0.05, 0.1) is 11.6 Å². The zero-order valence-corrected chi connectivity index (χ0v) is 12.5. The highest BCUT2D eigenvalue weighted by Crippen LogP contribution is 2.71. The molecule has 1 aliphatic carbocycles. The number of pyridine rings is 1. The van der Waals surface area contributed by atoms with E-state index in [4.69, 9.17) is 0 Å². The molecule has 5 rings (SSSR count). The average Bonchev–Trinajstić information content (AvgIpc) is 3.12. The maximum Gasteiger partial charge on any atom is 0.0953 e. The predicted octanol–water partition coefficient (Wildman–Crippen LogP) is 2.92. The largest absolute Gasteiger partial charge is 0.387 e. The number of aliphatic hydroxyl groups is 1. The van der Waals surface area contributed by atoms with Gasteiger partial charge in [-0.1, -0.05) is 24.3 Å². The third kappa shape index (κ3) is 1.37. The fourth-order valence-corrected chi connectivity index (χ4v) is 5.30. The summed E-state index contributed by atoms with van der Waals surface area (Å²) < 4.78 is 0. The minimum Gasteiger partial charge on any atom is -0.387 e. The molecule has 3 heteroatoms. The zero-order chi connectivity index (χ0) is 14.9. The van der Waals surface area contributed by atoms with Gasteiger partial charge in [-0.2, -0.15) is 0 Å². The highest BCUT2D eigenvalue weighted by atomic mass is 16.3. The first kappa shape index (κ1) is 12.8. The van der Waals surface area contributed by atoms with E-state index >= 15 is 0 Å². The monoisotopic (exact) mass is 292 g/mol. The number of fused-ring (bicyclic) bond motifs is 1. The number of aliphatic hydroxyl groups excluding tert-OH is 1. The van der Waals surface area contributed by atoms with E-state index in [-0.39, 0.29) is 6.04 Å². The summed E-state index contributed by atoms with van der Waals surface area (Å²) in [6.45, 7) is 5.12. The molecule has 3 aliphatic rings. The molecule has 1 aromatic carbocycles. The van der Waals surface area contributed by atoms with Crippen molar-refractivity contribution in [1.29, 1.82) is 0 Å². The number of benzene rings is 1. The normalized spacial score (nSPS) is 37.2. The topological polar surface area (TPSA) is 36.4 Å². The quantitative estimate of drug-likeness (QED) is 0.884. The first-order chi connectivity index (χ1) is 10.8. The standard InChI is InChI=1S/C19H20N2O/c1-2-14-15-8-10-21-17(11-19(14,15)21)18(22)13-7-9-20-16-6-4-3-5-12(13)16/h2-7,9,14-15,17-18,22H,1,8,10-11H2/t14?,15?,17-,18+,19-/m0/s1. The van der Waals surface area contributed by atoms with E-state index in [1.165, 1.54) is 6.42 Å². The molecule has 3 fully saturated rings. The van der Waals surface area contributed by atoms with Crippen molar-refractivity contribution >= 4 is 10.9 Å². The second kappa shape index (κ2) is 4.18. The summed E-state index contributed by atoms with van der Waals surface area (Å²) in [6, 6.07) is 10.3. The van der Waals surface area contributed by atoms with Gasteiger partial charge in [0.25, 0.3) is 0 Å². The average molecular weight is 292 g/mol. The van der Waals surface area contributed by atoms with E-state index in [2.05, 4.69) is 28.6 Å². The van der Waals surface area contributed by atoms with E-state index in [0.29, 0.717) is 11.5 Å². The Morgan fingerprint density at radius 2 is 2.23 bits per heavy atom. The molecule has 22 heavy (non-hydrogen) atoms. The summed E-state index contributed by atoms with van der Waals surface area (Å²) in [5.74, 6) is 1.45. The van der Waals surface area contributed by atoms with Crippen molar-refractivity contribution in [3.8, 4) is 0 Å². The van der Waals surface area contributed by atoms with Crippen LogP contribution in [0.1, 0.15) is 24.5 Å². The van der Waals surface area contributed by atoms with Crippen molar-refractivity contribution < 1.29 is 5.11 Å². The number of nitrogens with zero attached hydrogens (tertiary/aromatic N) is 2. The second-order valence-electron chi connectivity index (χ2n) is 6.97. The lowest BCUT2D eigenvalue weighted by molar-refractivity contribution is -0.0656. The molecule has 0 amide bonds. The van der Waals surface area contributed by atoms with Gasteiger partial charge in [-0.05, 0) is 48.9 Å². The van der Waals surface area contributed by atoms with Crippen LogP contribution in [-0.2, 0) is 0 Å². The number of hydrogen-bond donors (Lipinski definition) is 1. The Morgan fingerprint density at radius 1 is 1.36 bits per heavy atom. The van der Waals surface area contributed by atoms with Crippen LogP contribution in [0, 0.1) is 11.8 Å². The van der Waals surface area contributed by atoms with Gasteiger partial charge in [0.15, 0.2) is 0 Å². The van der Waals surface area contributed by atoms with Crippen LogP contribution in [0.3, 0.4) is 0 Å². The summed E-state index contributed by atoms with van der Waals surface area (Å²) in [4.78, 5) is 6.95. The van der Waals surface area contributed by atoms with Gasteiger partial charge >= 0.3 is 0 Å². The Bertz CT molecular complexity index is 768. The van der Waals surface area contributed by atoms with Crippen LogP contribution in [0.25, 0.3) is 10.9 Å². The minimum atomic E-state index is -0.427. The molecule has 0 radical (unpaired) electrons. The smallest absolute Gasteiger partial charge is 0.0953 e. The van der Waals surface area contributed by atoms with Gasteiger partial charge in [-0.25, -0.2) is 0 Å². The number of hydrogen-bond acceptors (Lipinski definition) is 3. The predicted molar refractivity (Wildman–Crippen MR) is 86.3 cm³/mol. The second-order valence-corrected chi connectivity index (χ2v) is 6.97. The molecule has 112 valence electrons. The molecule has 3 nitrogen and oxygen atoms in total. The third-order valence-corrected chi connectivity index (χ3v) is 6.32. The summed E-state index contributed by atoms with van der Waals surface area (Å²) in [5, 5.41) is 12.1. The lowest BCUT2D eigenvalue weighted by Gasteiger charge is -2.50. The van der Waals surface area contributed by atoms with E-state index in [0.717, 1.165) is 35.3 Å². The van der Waals surface area contributed by atoms with Crippen molar-refractivity contribution in [2.45, 2.75) is 30.5 Å². The Labute approximate surface area is 130 Å². The fourth-order valence-electron chi connectivity index (χ4n) is 5.30. The fraction of sp³-hybridized carbons (Fsp3) is 0.421. The van der Waals surface area contributed by atoms with Crippen molar-refractivity contribution in [3.05, 3.63) is 54.7 Å². The van der Waals surface area contributed by atoms with Gasteiger partial charge in [-0.15, -0.1) is 6.58 Å². The molecule has 1 N–H and O–H groups in total. The van der Waals surface area contributed by atoms with E-state index < -0.39 is 6.10 Å². The van der Waals surface area contributed by atoms with Crippen LogP contribution in [0.15, 0.2) is 49.2 Å². The van der Waals surface area contributed by atoms with Crippen LogP contribution in [0.2, 0.25) is 0 Å². The number of aromatic nitrogens is 1. The number of piperidine rings is 1. The van der Waals surface area contributed by atoms with Gasteiger partial charge in [-0.3, -0.25) is 9.88 Å². The molecule has 2 unspecified atom stereocenters. The van der Waals surface area contributed by atoms with Crippen molar-refractivity contribution in [2.24, 2.45) is 11.8 Å². The lowest BCUT2D eigenvalue weighted by Crippen LogP contribution is -2.59. The molecular formula is C19H20N2O. The Kier molecular flexibility index (Phi) is 2.43. The SMILES string of the molecule is C=CC1C2CCN3[C@H]([C@H](O)c4ccnc5ccccc45)C[C@]123. The van der Waals surface area contributed by atoms with Gasteiger partial charge < -0.3 is 5.11 Å². The maximum atomic E-state index is 11.0. The number of rotatable bonds is 3. The van der Waals surface area contributed by atoms with Gasteiger partial charge in [0.1, 0.15) is 0 Å². The van der Waals surface area contributed by atoms with Crippen molar-refractivity contribution in [2.75, 3.05) is 6.54 Å². The minimum absolute atomic E-state index is 0.251. The maximum absolute atomic E-state index is 11.0.